The third kappa shape index (κ3) is 3.48. The molecule has 1 aromatic carbocycles. The highest BCUT2D eigenvalue weighted by molar-refractivity contribution is 5.59. The summed E-state index contributed by atoms with van der Waals surface area (Å²) in [5.41, 5.74) is 0.832. The summed E-state index contributed by atoms with van der Waals surface area (Å²) in [5, 5.41) is 17.9. The molecule has 0 fully saturated rings. The summed E-state index contributed by atoms with van der Waals surface area (Å²) < 4.78 is 30.0. The number of rotatable bonds is 6. The van der Waals surface area contributed by atoms with Crippen molar-refractivity contribution in [3.63, 3.8) is 0 Å². The van der Waals surface area contributed by atoms with Gasteiger partial charge in [-0.1, -0.05) is 12.1 Å². The molecule has 0 saturated carbocycles. The highest BCUT2D eigenvalue weighted by Gasteiger charge is 2.23. The Bertz CT molecular complexity index is 688. The van der Waals surface area contributed by atoms with Gasteiger partial charge in [0.25, 0.3) is 0 Å². The summed E-state index contributed by atoms with van der Waals surface area (Å²) in [7, 11) is 1.58. The first-order chi connectivity index (χ1) is 10.4. The molecule has 0 radical (unpaired) electrons. The fourth-order valence-electron chi connectivity index (χ4n) is 2.08. The van der Waals surface area contributed by atoms with Crippen molar-refractivity contribution < 1.29 is 18.4 Å². The normalized spacial score (nSPS) is 10.8. The van der Waals surface area contributed by atoms with E-state index in [0.717, 1.165) is 0 Å². The van der Waals surface area contributed by atoms with Crippen LogP contribution >= 0.6 is 0 Å². The van der Waals surface area contributed by atoms with Gasteiger partial charge in [-0.05, 0) is 24.6 Å². The maximum absolute atomic E-state index is 12.2. The Hall–Kier alpha value is -2.71. The maximum atomic E-state index is 12.2. The van der Waals surface area contributed by atoms with Crippen LogP contribution < -0.4 is 10.1 Å². The number of benzene rings is 1. The third-order valence-electron chi connectivity index (χ3n) is 2.96. The van der Waals surface area contributed by atoms with Crippen molar-refractivity contribution in [2.75, 3.05) is 5.32 Å². The number of aromatic nitrogens is 2. The lowest BCUT2D eigenvalue weighted by Gasteiger charge is -2.09. The summed E-state index contributed by atoms with van der Waals surface area (Å²) in [6, 6.07) is 6.11. The minimum absolute atomic E-state index is 0.0324. The number of nitro groups is 1. The molecule has 0 amide bonds. The van der Waals surface area contributed by atoms with Gasteiger partial charge in [0.15, 0.2) is 0 Å². The fraction of sp³-hybridized carbons (Fsp3) is 0.308. The van der Waals surface area contributed by atoms with Crippen LogP contribution in [0.15, 0.2) is 24.3 Å². The molecule has 1 aromatic heterocycles. The topological polar surface area (TPSA) is 82.2 Å². The number of ether oxygens (including phenoxy) is 1. The van der Waals surface area contributed by atoms with Crippen LogP contribution in [0, 0.1) is 17.0 Å². The molecular formula is C13H14F2N4O3. The van der Waals surface area contributed by atoms with E-state index in [1.165, 1.54) is 16.8 Å². The molecule has 0 spiro atoms. The molecule has 0 atom stereocenters. The molecule has 0 saturated heterocycles. The van der Waals surface area contributed by atoms with Crippen LogP contribution in [-0.2, 0) is 13.6 Å². The van der Waals surface area contributed by atoms with Gasteiger partial charge in [-0.3, -0.25) is 10.1 Å². The van der Waals surface area contributed by atoms with Crippen LogP contribution in [0.25, 0.3) is 0 Å². The van der Waals surface area contributed by atoms with E-state index in [0.29, 0.717) is 11.3 Å². The molecule has 118 valence electrons. The molecule has 0 aliphatic carbocycles. The zero-order valence-corrected chi connectivity index (χ0v) is 11.9. The summed E-state index contributed by atoms with van der Waals surface area (Å²) in [4.78, 5) is 10.5. The van der Waals surface area contributed by atoms with E-state index >= 15 is 0 Å². The number of hydrogen-bond donors (Lipinski definition) is 1. The Morgan fingerprint density at radius 2 is 2.23 bits per heavy atom. The van der Waals surface area contributed by atoms with Crippen LogP contribution in [0.3, 0.4) is 0 Å². The average Bonchev–Trinajstić information content (AvgIpc) is 2.70. The standard InChI is InChI=1S/C13H14F2N4O3/c1-8-11(19(20)21)12(18(2)17-8)16-7-9-4-3-5-10(6-9)22-13(14)15/h3-6,13,16H,7H2,1-2H3. The maximum Gasteiger partial charge on any atom is 0.387 e. The smallest absolute Gasteiger partial charge is 0.387 e. The zero-order valence-electron chi connectivity index (χ0n) is 11.9. The number of aryl methyl sites for hydroxylation is 2. The molecule has 7 nitrogen and oxygen atoms in total. The second-order valence-corrected chi connectivity index (χ2v) is 4.54. The Balaban J connectivity index is 2.15. The number of hydrogen-bond acceptors (Lipinski definition) is 5. The first-order valence-corrected chi connectivity index (χ1v) is 6.34. The number of alkyl halides is 2. The highest BCUT2D eigenvalue weighted by atomic mass is 19.3. The molecule has 2 aromatic rings. The molecule has 0 unspecified atom stereocenters. The van der Waals surface area contributed by atoms with Gasteiger partial charge in [0.2, 0.25) is 5.82 Å². The van der Waals surface area contributed by atoms with Crippen molar-refractivity contribution in [3.8, 4) is 5.75 Å². The van der Waals surface area contributed by atoms with E-state index < -0.39 is 11.5 Å². The van der Waals surface area contributed by atoms with E-state index in [1.54, 1.807) is 26.1 Å². The van der Waals surface area contributed by atoms with Gasteiger partial charge in [-0.2, -0.15) is 13.9 Å². The van der Waals surface area contributed by atoms with E-state index in [9.17, 15) is 18.9 Å². The molecule has 1 N–H and O–H groups in total. The molecule has 0 aliphatic heterocycles. The SMILES string of the molecule is Cc1nn(C)c(NCc2cccc(OC(F)F)c2)c1[N+](=O)[O-]. The minimum Gasteiger partial charge on any atom is -0.435 e. The fourth-order valence-corrected chi connectivity index (χ4v) is 2.08. The molecule has 1 heterocycles. The van der Waals surface area contributed by atoms with E-state index in [4.69, 9.17) is 0 Å². The molecule has 0 aliphatic rings. The van der Waals surface area contributed by atoms with Crippen molar-refractivity contribution in [1.29, 1.82) is 0 Å². The average molecular weight is 312 g/mol. The van der Waals surface area contributed by atoms with Gasteiger partial charge in [-0.25, -0.2) is 4.68 Å². The molecule has 22 heavy (non-hydrogen) atoms. The predicted molar refractivity (Wildman–Crippen MR) is 75.0 cm³/mol. The Morgan fingerprint density at radius 3 is 2.86 bits per heavy atom. The lowest BCUT2D eigenvalue weighted by Crippen LogP contribution is -2.07. The van der Waals surface area contributed by atoms with Crippen LogP contribution in [0.5, 0.6) is 5.75 Å². The number of anilines is 1. The molecule has 0 bridgehead atoms. The molecule has 9 heteroatoms. The first kappa shape index (κ1) is 15.7. The first-order valence-electron chi connectivity index (χ1n) is 6.34. The quantitative estimate of drug-likeness (QED) is 0.655. The van der Waals surface area contributed by atoms with Gasteiger partial charge in [0, 0.05) is 13.6 Å². The largest absolute Gasteiger partial charge is 0.435 e. The van der Waals surface area contributed by atoms with Crippen molar-refractivity contribution in [2.45, 2.75) is 20.1 Å². The van der Waals surface area contributed by atoms with E-state index in [-0.39, 0.29) is 23.8 Å². The van der Waals surface area contributed by atoms with Crippen molar-refractivity contribution in [2.24, 2.45) is 7.05 Å². The second kappa shape index (κ2) is 6.37. The van der Waals surface area contributed by atoms with Crippen LogP contribution in [0.4, 0.5) is 20.3 Å². The Morgan fingerprint density at radius 1 is 1.50 bits per heavy atom. The Kier molecular flexibility index (Phi) is 4.54. The molecule has 2 rings (SSSR count). The summed E-state index contributed by atoms with van der Waals surface area (Å²) in [6.45, 7) is -1.15. The van der Waals surface area contributed by atoms with Gasteiger partial charge < -0.3 is 10.1 Å². The third-order valence-corrected chi connectivity index (χ3v) is 2.96. The van der Waals surface area contributed by atoms with Crippen LogP contribution in [0.1, 0.15) is 11.3 Å². The summed E-state index contributed by atoms with van der Waals surface area (Å²) in [5.74, 6) is 0.285. The lowest BCUT2D eigenvalue weighted by atomic mass is 10.2. The van der Waals surface area contributed by atoms with Crippen molar-refractivity contribution >= 4 is 11.5 Å². The van der Waals surface area contributed by atoms with Gasteiger partial charge >= 0.3 is 12.3 Å². The highest BCUT2D eigenvalue weighted by Crippen LogP contribution is 2.28. The minimum atomic E-state index is -2.90. The number of halogens is 2. The van der Waals surface area contributed by atoms with Crippen LogP contribution in [0.2, 0.25) is 0 Å². The van der Waals surface area contributed by atoms with E-state index in [2.05, 4.69) is 15.2 Å². The number of nitrogens with one attached hydrogen (secondary N) is 1. The lowest BCUT2D eigenvalue weighted by molar-refractivity contribution is -0.384. The summed E-state index contributed by atoms with van der Waals surface area (Å²) >= 11 is 0. The predicted octanol–water partition coefficient (Wildman–Crippen LogP) is 2.85. The van der Waals surface area contributed by atoms with Gasteiger partial charge in [0.1, 0.15) is 11.4 Å². The van der Waals surface area contributed by atoms with Crippen molar-refractivity contribution in [1.82, 2.24) is 9.78 Å². The zero-order chi connectivity index (χ0) is 16.3. The van der Waals surface area contributed by atoms with Gasteiger partial charge in [0.05, 0.1) is 4.92 Å². The second-order valence-electron chi connectivity index (χ2n) is 4.54. The van der Waals surface area contributed by atoms with Crippen LogP contribution in [-0.4, -0.2) is 21.3 Å². The summed E-state index contributed by atoms with van der Waals surface area (Å²) in [6.07, 6.45) is 0. The Labute approximate surface area is 124 Å². The van der Waals surface area contributed by atoms with Gasteiger partial charge in [-0.15, -0.1) is 0 Å². The van der Waals surface area contributed by atoms with E-state index in [1.807, 2.05) is 0 Å². The van der Waals surface area contributed by atoms with Crippen molar-refractivity contribution in [3.05, 3.63) is 45.6 Å². The monoisotopic (exact) mass is 312 g/mol. The molecular weight excluding hydrogens is 298 g/mol. The number of nitrogens with zero attached hydrogens (tertiary/aromatic N) is 3.